The number of carbonyl (C=O) groups excluding carboxylic acids is 1. The van der Waals surface area contributed by atoms with Crippen molar-refractivity contribution in [3.63, 3.8) is 0 Å². The molecule has 0 atom stereocenters. The average molecular weight is 282 g/mol. The highest BCUT2D eigenvalue weighted by atomic mass is 16.3. The van der Waals surface area contributed by atoms with E-state index in [1.54, 1.807) is 10.9 Å². The van der Waals surface area contributed by atoms with Gasteiger partial charge in [-0.1, -0.05) is 32.9 Å². The Morgan fingerprint density at radius 2 is 1.90 bits per heavy atom. The van der Waals surface area contributed by atoms with Crippen LogP contribution in [-0.2, 0) is 17.8 Å². The van der Waals surface area contributed by atoms with Gasteiger partial charge in [-0.05, 0) is 11.8 Å². The van der Waals surface area contributed by atoms with E-state index in [2.05, 4.69) is 38.0 Å². The Morgan fingerprint density at radius 1 is 1.30 bits per heavy atom. The van der Waals surface area contributed by atoms with E-state index in [-0.39, 0.29) is 19.1 Å². The highest BCUT2D eigenvalue weighted by Gasteiger charge is 2.17. The average Bonchev–Trinajstić information content (AvgIpc) is 2.75. The van der Waals surface area contributed by atoms with Crippen LogP contribution in [0.4, 0.5) is 0 Å². The first-order chi connectivity index (χ1) is 9.42. The number of aliphatic hydroxyl groups is 1. The van der Waals surface area contributed by atoms with Crippen LogP contribution in [0.1, 0.15) is 33.4 Å². The molecule has 1 aromatic heterocycles. The largest absolute Gasteiger partial charge is 0.396 e. The summed E-state index contributed by atoms with van der Waals surface area (Å²) in [5, 5.41) is 16.7. The molecule has 0 aliphatic rings. The standard InChI is InChI=1S/C14H26N4O2/c1-11(2)7-17(8-12(3)4)14(20)10-18-9-13(5-6-19)15-16-18/h9,11-12,19H,5-8,10H2,1-4H3. The summed E-state index contributed by atoms with van der Waals surface area (Å²) in [7, 11) is 0. The Hall–Kier alpha value is -1.43. The SMILES string of the molecule is CC(C)CN(CC(C)C)C(=O)Cn1cc(CCO)nn1. The fourth-order valence-corrected chi connectivity index (χ4v) is 2.04. The van der Waals surface area contributed by atoms with Gasteiger partial charge in [0.05, 0.1) is 5.69 Å². The Balaban J connectivity index is 2.63. The highest BCUT2D eigenvalue weighted by molar-refractivity contribution is 5.75. The van der Waals surface area contributed by atoms with E-state index in [4.69, 9.17) is 5.11 Å². The Labute approximate surface area is 120 Å². The quantitative estimate of drug-likeness (QED) is 0.770. The minimum absolute atomic E-state index is 0.0411. The van der Waals surface area contributed by atoms with Crippen LogP contribution in [0, 0.1) is 11.8 Å². The molecule has 6 heteroatoms. The maximum Gasteiger partial charge on any atom is 0.244 e. The van der Waals surface area contributed by atoms with Crippen LogP contribution in [0.3, 0.4) is 0 Å². The van der Waals surface area contributed by atoms with Crippen molar-refractivity contribution in [2.24, 2.45) is 11.8 Å². The molecule has 1 N–H and O–H groups in total. The van der Waals surface area contributed by atoms with Gasteiger partial charge in [0.25, 0.3) is 0 Å². The molecule has 1 amide bonds. The molecule has 1 aromatic rings. The molecule has 0 spiro atoms. The van der Waals surface area contributed by atoms with Crippen molar-refractivity contribution in [2.75, 3.05) is 19.7 Å². The fourth-order valence-electron chi connectivity index (χ4n) is 2.04. The number of rotatable bonds is 8. The van der Waals surface area contributed by atoms with Crippen LogP contribution in [0.15, 0.2) is 6.20 Å². The number of carbonyl (C=O) groups is 1. The molecule has 0 aliphatic carbocycles. The predicted molar refractivity (Wildman–Crippen MR) is 77.1 cm³/mol. The molecule has 0 fully saturated rings. The molecule has 0 aromatic carbocycles. The molecule has 0 saturated heterocycles. The van der Waals surface area contributed by atoms with Crippen molar-refractivity contribution in [1.29, 1.82) is 0 Å². The van der Waals surface area contributed by atoms with Crippen LogP contribution in [0.2, 0.25) is 0 Å². The Kier molecular flexibility index (Phi) is 6.64. The summed E-state index contributed by atoms with van der Waals surface area (Å²) in [6.07, 6.45) is 2.19. The van der Waals surface area contributed by atoms with Gasteiger partial charge in [-0.25, -0.2) is 4.68 Å². The van der Waals surface area contributed by atoms with Gasteiger partial charge in [0.1, 0.15) is 6.54 Å². The van der Waals surface area contributed by atoms with Crippen molar-refractivity contribution in [3.05, 3.63) is 11.9 Å². The lowest BCUT2D eigenvalue weighted by atomic mass is 10.1. The first kappa shape index (κ1) is 16.6. The number of amides is 1. The van der Waals surface area contributed by atoms with Crippen LogP contribution < -0.4 is 0 Å². The highest BCUT2D eigenvalue weighted by Crippen LogP contribution is 2.05. The summed E-state index contributed by atoms with van der Waals surface area (Å²) in [4.78, 5) is 14.2. The zero-order chi connectivity index (χ0) is 15.1. The van der Waals surface area contributed by atoms with Crippen LogP contribution in [-0.4, -0.2) is 50.6 Å². The van der Waals surface area contributed by atoms with E-state index in [0.717, 1.165) is 13.1 Å². The van der Waals surface area contributed by atoms with Crippen molar-refractivity contribution in [3.8, 4) is 0 Å². The van der Waals surface area contributed by atoms with Crippen molar-refractivity contribution >= 4 is 5.91 Å². The predicted octanol–water partition coefficient (Wildman–Crippen LogP) is 0.953. The molecule has 20 heavy (non-hydrogen) atoms. The molecular weight excluding hydrogens is 256 g/mol. The number of nitrogens with zero attached hydrogens (tertiary/aromatic N) is 4. The van der Waals surface area contributed by atoms with Crippen LogP contribution in [0.25, 0.3) is 0 Å². The molecule has 0 aliphatic heterocycles. The minimum atomic E-state index is 0.0411. The second kappa shape index (κ2) is 7.99. The van der Waals surface area contributed by atoms with Gasteiger partial charge in [0, 0.05) is 32.3 Å². The molecule has 0 saturated carbocycles. The van der Waals surface area contributed by atoms with E-state index in [9.17, 15) is 4.79 Å². The fraction of sp³-hybridized carbons (Fsp3) is 0.786. The van der Waals surface area contributed by atoms with E-state index < -0.39 is 0 Å². The summed E-state index contributed by atoms with van der Waals surface area (Å²) < 4.78 is 1.54. The lowest BCUT2D eigenvalue weighted by Gasteiger charge is -2.26. The van der Waals surface area contributed by atoms with E-state index in [1.165, 1.54) is 0 Å². The molecule has 0 unspecified atom stereocenters. The summed E-state index contributed by atoms with van der Waals surface area (Å²) in [6, 6.07) is 0. The van der Waals surface area contributed by atoms with E-state index in [1.807, 2.05) is 4.90 Å². The van der Waals surface area contributed by atoms with Crippen molar-refractivity contribution in [1.82, 2.24) is 19.9 Å². The second-order valence-electron chi connectivity index (χ2n) is 5.97. The third-order valence-electron chi connectivity index (χ3n) is 2.78. The Morgan fingerprint density at radius 3 is 2.40 bits per heavy atom. The van der Waals surface area contributed by atoms with Crippen LogP contribution in [0.5, 0.6) is 0 Å². The zero-order valence-electron chi connectivity index (χ0n) is 12.9. The number of hydrogen-bond donors (Lipinski definition) is 1. The molecule has 1 heterocycles. The van der Waals surface area contributed by atoms with Gasteiger partial charge in [0.2, 0.25) is 5.91 Å². The van der Waals surface area contributed by atoms with E-state index >= 15 is 0 Å². The van der Waals surface area contributed by atoms with Gasteiger partial charge in [0.15, 0.2) is 0 Å². The molecular formula is C14H26N4O2. The normalized spacial score (nSPS) is 11.3. The lowest BCUT2D eigenvalue weighted by molar-refractivity contribution is -0.133. The number of aliphatic hydroxyl groups excluding tert-OH is 1. The van der Waals surface area contributed by atoms with Gasteiger partial charge >= 0.3 is 0 Å². The zero-order valence-corrected chi connectivity index (χ0v) is 12.9. The van der Waals surface area contributed by atoms with Gasteiger partial charge < -0.3 is 10.0 Å². The van der Waals surface area contributed by atoms with Crippen molar-refractivity contribution < 1.29 is 9.90 Å². The number of aromatic nitrogens is 3. The lowest BCUT2D eigenvalue weighted by Crippen LogP contribution is -2.39. The smallest absolute Gasteiger partial charge is 0.244 e. The van der Waals surface area contributed by atoms with Gasteiger partial charge in [-0.15, -0.1) is 5.10 Å². The van der Waals surface area contributed by atoms with Crippen LogP contribution >= 0.6 is 0 Å². The maximum atomic E-state index is 12.3. The molecule has 1 rings (SSSR count). The summed E-state index contributed by atoms with van der Waals surface area (Å²) >= 11 is 0. The molecule has 6 nitrogen and oxygen atoms in total. The first-order valence-corrected chi connectivity index (χ1v) is 7.20. The van der Waals surface area contributed by atoms with Crippen molar-refractivity contribution in [2.45, 2.75) is 40.7 Å². The Bertz CT molecular complexity index is 405. The summed E-state index contributed by atoms with van der Waals surface area (Å²) in [5.41, 5.74) is 0.708. The second-order valence-corrected chi connectivity index (χ2v) is 5.97. The molecule has 114 valence electrons. The minimum Gasteiger partial charge on any atom is -0.396 e. The molecule has 0 radical (unpaired) electrons. The first-order valence-electron chi connectivity index (χ1n) is 7.20. The third kappa shape index (κ3) is 5.69. The van der Waals surface area contributed by atoms with E-state index in [0.29, 0.717) is 24.0 Å². The summed E-state index contributed by atoms with van der Waals surface area (Å²) in [5.74, 6) is 0.949. The monoisotopic (exact) mass is 282 g/mol. The topological polar surface area (TPSA) is 71.2 Å². The number of hydrogen-bond acceptors (Lipinski definition) is 4. The van der Waals surface area contributed by atoms with Gasteiger partial charge in [-0.3, -0.25) is 4.79 Å². The van der Waals surface area contributed by atoms with Gasteiger partial charge in [-0.2, -0.15) is 0 Å². The maximum absolute atomic E-state index is 12.3. The third-order valence-corrected chi connectivity index (χ3v) is 2.78. The molecule has 0 bridgehead atoms. The summed E-state index contributed by atoms with van der Waals surface area (Å²) in [6.45, 7) is 10.2.